The smallest absolute Gasteiger partial charge is 0.305 e. The van der Waals surface area contributed by atoms with E-state index in [0.29, 0.717) is 24.2 Å². The number of rotatable bonds is 5. The lowest BCUT2D eigenvalue weighted by atomic mass is 9.93. The van der Waals surface area contributed by atoms with Crippen molar-refractivity contribution < 1.29 is 23.8 Å². The maximum atomic E-state index is 12.6. The van der Waals surface area contributed by atoms with E-state index in [-0.39, 0.29) is 18.9 Å². The fourth-order valence-corrected chi connectivity index (χ4v) is 2.96. The zero-order valence-electron chi connectivity index (χ0n) is 12.9. The fourth-order valence-electron chi connectivity index (χ4n) is 2.96. The number of fused-ring (bicyclic) bond motifs is 1. The Morgan fingerprint density at radius 1 is 1.39 bits per heavy atom. The lowest BCUT2D eigenvalue weighted by Crippen LogP contribution is -2.50. The molecule has 0 saturated carbocycles. The molecule has 6 heteroatoms. The average Bonchev–Trinajstić information content (AvgIpc) is 3.12. The van der Waals surface area contributed by atoms with E-state index in [4.69, 9.17) is 14.3 Å². The number of aliphatic carboxylic acids is 1. The molecular weight excluding hydrogens is 298 g/mol. The largest absolute Gasteiger partial charge is 0.481 e. The van der Waals surface area contributed by atoms with Gasteiger partial charge in [-0.2, -0.15) is 0 Å². The summed E-state index contributed by atoms with van der Waals surface area (Å²) in [7, 11) is 0. The van der Waals surface area contributed by atoms with Crippen LogP contribution in [0.5, 0.6) is 0 Å². The molecule has 0 radical (unpaired) electrons. The summed E-state index contributed by atoms with van der Waals surface area (Å²) in [6.45, 7) is 2.69. The molecule has 0 bridgehead atoms. The average molecular weight is 317 g/mol. The molecule has 122 valence electrons. The summed E-state index contributed by atoms with van der Waals surface area (Å²) < 4.78 is 10.7. The van der Waals surface area contributed by atoms with Gasteiger partial charge in [0, 0.05) is 12.0 Å². The molecule has 1 atom stereocenters. The molecule has 2 heterocycles. The summed E-state index contributed by atoms with van der Waals surface area (Å²) in [5, 5.41) is 12.7. The van der Waals surface area contributed by atoms with Gasteiger partial charge in [-0.1, -0.05) is 13.0 Å². The van der Waals surface area contributed by atoms with Crippen LogP contribution >= 0.6 is 0 Å². The Hall–Kier alpha value is -2.34. The number of furan rings is 1. The number of carbonyl (C=O) groups excluding carboxylic acids is 1. The van der Waals surface area contributed by atoms with Crippen LogP contribution in [-0.4, -0.2) is 35.7 Å². The highest BCUT2D eigenvalue weighted by Crippen LogP contribution is 2.26. The zero-order chi connectivity index (χ0) is 16.4. The number of amides is 1. The Bertz CT molecular complexity index is 743. The van der Waals surface area contributed by atoms with E-state index >= 15 is 0 Å². The van der Waals surface area contributed by atoms with Gasteiger partial charge >= 0.3 is 5.97 Å². The Kier molecular flexibility index (Phi) is 4.09. The third-order valence-corrected chi connectivity index (χ3v) is 4.26. The molecule has 23 heavy (non-hydrogen) atoms. The maximum absolute atomic E-state index is 12.6. The van der Waals surface area contributed by atoms with Crippen LogP contribution in [0, 0.1) is 0 Å². The quantitative estimate of drug-likeness (QED) is 0.883. The van der Waals surface area contributed by atoms with Crippen molar-refractivity contribution in [2.24, 2.45) is 0 Å². The predicted octanol–water partition coefficient (Wildman–Crippen LogP) is 2.36. The van der Waals surface area contributed by atoms with Crippen LogP contribution in [0.15, 0.2) is 28.9 Å². The third-order valence-electron chi connectivity index (χ3n) is 4.26. The van der Waals surface area contributed by atoms with E-state index in [2.05, 4.69) is 5.32 Å². The Morgan fingerprint density at radius 3 is 2.87 bits per heavy atom. The monoisotopic (exact) mass is 317 g/mol. The van der Waals surface area contributed by atoms with Crippen molar-refractivity contribution in [3.63, 3.8) is 0 Å². The zero-order valence-corrected chi connectivity index (χ0v) is 12.9. The summed E-state index contributed by atoms with van der Waals surface area (Å²) in [5.74, 6) is -1.29. The summed E-state index contributed by atoms with van der Waals surface area (Å²) in [6.07, 6.45) is 2.61. The lowest BCUT2D eigenvalue weighted by molar-refractivity contribution is -0.138. The van der Waals surface area contributed by atoms with Gasteiger partial charge in [0.2, 0.25) is 0 Å². The minimum absolute atomic E-state index is 0.158. The van der Waals surface area contributed by atoms with Gasteiger partial charge in [0.1, 0.15) is 11.8 Å². The second-order valence-corrected chi connectivity index (χ2v) is 5.94. The minimum atomic E-state index is -0.957. The van der Waals surface area contributed by atoms with Crippen LogP contribution in [-0.2, 0) is 16.0 Å². The number of carbonyl (C=O) groups is 2. The van der Waals surface area contributed by atoms with Gasteiger partial charge in [0.05, 0.1) is 24.1 Å². The van der Waals surface area contributed by atoms with Crippen molar-refractivity contribution in [3.05, 3.63) is 35.6 Å². The van der Waals surface area contributed by atoms with Crippen LogP contribution in [0.2, 0.25) is 0 Å². The number of nitrogens with one attached hydrogen (secondary N) is 1. The van der Waals surface area contributed by atoms with E-state index in [0.717, 1.165) is 17.4 Å². The number of hydrogen-bond donors (Lipinski definition) is 2. The van der Waals surface area contributed by atoms with E-state index in [1.54, 1.807) is 0 Å². The van der Waals surface area contributed by atoms with Gasteiger partial charge in [-0.25, -0.2) is 0 Å². The molecule has 2 N–H and O–H groups in total. The summed E-state index contributed by atoms with van der Waals surface area (Å²) in [6, 6.07) is 5.74. The van der Waals surface area contributed by atoms with E-state index in [1.165, 1.54) is 6.26 Å². The molecule has 3 rings (SSSR count). The molecule has 2 aromatic rings. The molecule has 0 spiro atoms. The van der Waals surface area contributed by atoms with Crippen molar-refractivity contribution in [1.29, 1.82) is 0 Å². The van der Waals surface area contributed by atoms with Crippen molar-refractivity contribution in [2.75, 3.05) is 13.2 Å². The third kappa shape index (κ3) is 3.07. The first kappa shape index (κ1) is 15.6. The number of carboxylic acids is 1. The van der Waals surface area contributed by atoms with Crippen LogP contribution in [0.25, 0.3) is 11.0 Å². The Balaban J connectivity index is 1.89. The van der Waals surface area contributed by atoms with E-state index in [1.807, 2.05) is 25.1 Å². The van der Waals surface area contributed by atoms with Crippen LogP contribution in [0.4, 0.5) is 0 Å². The molecule has 1 aliphatic rings. The van der Waals surface area contributed by atoms with Gasteiger partial charge in [0.15, 0.2) is 0 Å². The number of benzene rings is 1. The molecular formula is C17H19NO5. The molecule has 1 unspecified atom stereocenters. The summed E-state index contributed by atoms with van der Waals surface area (Å²) >= 11 is 0. The van der Waals surface area contributed by atoms with Gasteiger partial charge in [-0.15, -0.1) is 0 Å². The first-order valence-electron chi connectivity index (χ1n) is 7.65. The lowest BCUT2D eigenvalue weighted by Gasteiger charge is -2.26. The molecule has 0 aliphatic carbocycles. The van der Waals surface area contributed by atoms with Gasteiger partial charge in [0.25, 0.3) is 5.91 Å². The van der Waals surface area contributed by atoms with Crippen molar-refractivity contribution >= 4 is 22.8 Å². The molecule has 1 aromatic carbocycles. The number of hydrogen-bond acceptors (Lipinski definition) is 4. The number of carboxylic acid groups (broad SMARTS) is 1. The first-order chi connectivity index (χ1) is 11.0. The van der Waals surface area contributed by atoms with Gasteiger partial charge in [-0.05, 0) is 30.5 Å². The van der Waals surface area contributed by atoms with E-state index in [9.17, 15) is 9.59 Å². The molecule has 6 nitrogen and oxygen atoms in total. The standard InChI is InChI=1S/C17H19NO5/c1-2-11-3-4-14-12(7-11)13(9-23-14)16(21)18-17(8-15(19)20)5-6-22-10-17/h3-4,7,9H,2,5-6,8,10H2,1H3,(H,18,21)(H,19,20). The molecule has 1 aromatic heterocycles. The molecule has 1 fully saturated rings. The SMILES string of the molecule is CCc1ccc2occ(C(=O)NC3(CC(=O)O)CCOC3)c2c1. The highest BCUT2D eigenvalue weighted by molar-refractivity contribution is 6.06. The summed E-state index contributed by atoms with van der Waals surface area (Å²) in [4.78, 5) is 23.7. The maximum Gasteiger partial charge on any atom is 0.305 e. The minimum Gasteiger partial charge on any atom is -0.481 e. The fraction of sp³-hybridized carbons (Fsp3) is 0.412. The Labute approximate surface area is 133 Å². The van der Waals surface area contributed by atoms with Crippen LogP contribution in [0.3, 0.4) is 0 Å². The topological polar surface area (TPSA) is 88.8 Å². The molecule has 1 aliphatic heterocycles. The number of aryl methyl sites for hydroxylation is 1. The highest BCUT2D eigenvalue weighted by Gasteiger charge is 2.39. The van der Waals surface area contributed by atoms with Crippen LogP contribution < -0.4 is 5.32 Å². The van der Waals surface area contributed by atoms with Gasteiger partial charge < -0.3 is 19.6 Å². The Morgan fingerprint density at radius 2 is 2.22 bits per heavy atom. The van der Waals surface area contributed by atoms with Gasteiger partial charge in [-0.3, -0.25) is 9.59 Å². The highest BCUT2D eigenvalue weighted by atomic mass is 16.5. The van der Waals surface area contributed by atoms with Crippen molar-refractivity contribution in [1.82, 2.24) is 5.32 Å². The predicted molar refractivity (Wildman–Crippen MR) is 83.5 cm³/mol. The second-order valence-electron chi connectivity index (χ2n) is 5.94. The van der Waals surface area contributed by atoms with Crippen molar-refractivity contribution in [2.45, 2.75) is 31.7 Å². The first-order valence-corrected chi connectivity index (χ1v) is 7.65. The van der Waals surface area contributed by atoms with E-state index < -0.39 is 11.5 Å². The van der Waals surface area contributed by atoms with Crippen LogP contribution in [0.1, 0.15) is 35.7 Å². The molecule has 1 amide bonds. The second kappa shape index (κ2) is 6.04. The number of ether oxygens (including phenoxy) is 1. The normalized spacial score (nSPS) is 20.7. The molecule has 1 saturated heterocycles. The summed E-state index contributed by atoms with van der Waals surface area (Å²) in [5.41, 5.74) is 1.32. The van der Waals surface area contributed by atoms with Crippen molar-refractivity contribution in [3.8, 4) is 0 Å².